The van der Waals surface area contributed by atoms with Gasteiger partial charge < -0.3 is 0 Å². The summed E-state index contributed by atoms with van der Waals surface area (Å²) < 4.78 is 0. The van der Waals surface area contributed by atoms with Crippen molar-refractivity contribution in [3.8, 4) is 0 Å². The average molecular weight is 381 g/mol. The standard InChI is InChI=1S/C23H48N4/c1-17(2)26-13-12-24(14-21(26)7)19(5)10-11-20(6)25-15-22(8)27(18(3)4)23(9)16-25/h17-23H,10-16H2,1-9H3. The molecule has 0 amide bonds. The fraction of sp³-hybridized carbons (Fsp3) is 1.00. The largest absolute Gasteiger partial charge is 0.298 e. The zero-order valence-electron chi connectivity index (χ0n) is 19.8. The maximum atomic E-state index is 2.75. The van der Waals surface area contributed by atoms with Crippen molar-refractivity contribution in [1.29, 1.82) is 0 Å². The van der Waals surface area contributed by atoms with Crippen LogP contribution in [0.3, 0.4) is 0 Å². The molecule has 2 aliphatic rings. The summed E-state index contributed by atoms with van der Waals surface area (Å²) in [5.74, 6) is 0. The summed E-state index contributed by atoms with van der Waals surface area (Å²) >= 11 is 0. The first-order valence-electron chi connectivity index (χ1n) is 11.6. The molecule has 5 atom stereocenters. The Morgan fingerprint density at radius 3 is 1.56 bits per heavy atom. The zero-order valence-corrected chi connectivity index (χ0v) is 19.8. The topological polar surface area (TPSA) is 13.0 Å². The minimum atomic E-state index is 0.652. The Hall–Kier alpha value is -0.160. The summed E-state index contributed by atoms with van der Waals surface area (Å²) in [6.07, 6.45) is 2.64. The highest BCUT2D eigenvalue weighted by Crippen LogP contribution is 2.23. The number of piperazine rings is 2. The molecule has 0 N–H and O–H groups in total. The Kier molecular flexibility index (Phi) is 8.60. The third kappa shape index (κ3) is 5.91. The number of nitrogens with zero attached hydrogens (tertiary/aromatic N) is 4. The van der Waals surface area contributed by atoms with Crippen LogP contribution in [0.4, 0.5) is 0 Å². The van der Waals surface area contributed by atoms with Crippen molar-refractivity contribution in [2.24, 2.45) is 0 Å². The van der Waals surface area contributed by atoms with Crippen LogP contribution in [0.25, 0.3) is 0 Å². The molecule has 0 saturated carbocycles. The fourth-order valence-electron chi connectivity index (χ4n) is 5.77. The Bertz CT molecular complexity index is 426. The molecule has 2 rings (SSSR count). The lowest BCUT2D eigenvalue weighted by Gasteiger charge is -2.48. The van der Waals surface area contributed by atoms with Crippen LogP contribution in [0.1, 0.15) is 75.2 Å². The molecule has 0 spiro atoms. The molecule has 0 aromatic carbocycles. The van der Waals surface area contributed by atoms with E-state index in [1.807, 2.05) is 0 Å². The first-order valence-corrected chi connectivity index (χ1v) is 11.6. The van der Waals surface area contributed by atoms with Crippen molar-refractivity contribution in [3.63, 3.8) is 0 Å². The molecular formula is C23H48N4. The maximum Gasteiger partial charge on any atom is 0.0201 e. The molecule has 160 valence electrons. The second kappa shape index (κ2) is 10.0. The summed E-state index contributed by atoms with van der Waals surface area (Å²) in [6.45, 7) is 27.6. The van der Waals surface area contributed by atoms with E-state index in [4.69, 9.17) is 0 Å². The second-order valence-corrected chi connectivity index (χ2v) is 10.1. The minimum absolute atomic E-state index is 0.652. The Balaban J connectivity index is 1.79. The van der Waals surface area contributed by atoms with E-state index in [9.17, 15) is 0 Å². The van der Waals surface area contributed by atoms with E-state index in [0.29, 0.717) is 42.3 Å². The number of hydrogen-bond donors (Lipinski definition) is 0. The average Bonchev–Trinajstić information content (AvgIpc) is 2.57. The fourth-order valence-corrected chi connectivity index (χ4v) is 5.77. The maximum absolute atomic E-state index is 2.75. The molecule has 0 bridgehead atoms. The molecule has 4 heteroatoms. The van der Waals surface area contributed by atoms with Gasteiger partial charge in [-0.1, -0.05) is 0 Å². The smallest absolute Gasteiger partial charge is 0.0201 e. The molecule has 4 nitrogen and oxygen atoms in total. The quantitative estimate of drug-likeness (QED) is 0.666. The lowest BCUT2D eigenvalue weighted by Crippen LogP contribution is -2.60. The normalized spacial score (nSPS) is 32.3. The number of hydrogen-bond acceptors (Lipinski definition) is 4. The van der Waals surface area contributed by atoms with E-state index >= 15 is 0 Å². The van der Waals surface area contributed by atoms with Gasteiger partial charge in [0.2, 0.25) is 0 Å². The van der Waals surface area contributed by atoms with E-state index in [2.05, 4.69) is 81.9 Å². The van der Waals surface area contributed by atoms with Crippen LogP contribution in [0.2, 0.25) is 0 Å². The molecule has 5 unspecified atom stereocenters. The van der Waals surface area contributed by atoms with Gasteiger partial charge in [0.25, 0.3) is 0 Å². The van der Waals surface area contributed by atoms with Crippen molar-refractivity contribution in [1.82, 2.24) is 19.6 Å². The summed E-state index contributed by atoms with van der Waals surface area (Å²) in [5, 5.41) is 0. The molecule has 2 aliphatic heterocycles. The van der Waals surface area contributed by atoms with Crippen LogP contribution in [-0.4, -0.2) is 94.6 Å². The second-order valence-electron chi connectivity index (χ2n) is 10.1. The van der Waals surface area contributed by atoms with Crippen LogP contribution in [-0.2, 0) is 0 Å². The van der Waals surface area contributed by atoms with Gasteiger partial charge in [0.05, 0.1) is 0 Å². The van der Waals surface area contributed by atoms with Gasteiger partial charge in [0.1, 0.15) is 0 Å². The molecule has 0 radical (unpaired) electrons. The van der Waals surface area contributed by atoms with Crippen molar-refractivity contribution in [3.05, 3.63) is 0 Å². The van der Waals surface area contributed by atoms with E-state index < -0.39 is 0 Å². The zero-order chi connectivity index (χ0) is 20.3. The van der Waals surface area contributed by atoms with Gasteiger partial charge >= 0.3 is 0 Å². The molecule has 0 aromatic rings. The molecule has 2 heterocycles. The van der Waals surface area contributed by atoms with Crippen LogP contribution in [0.5, 0.6) is 0 Å². The molecular weight excluding hydrogens is 332 g/mol. The van der Waals surface area contributed by atoms with Crippen LogP contribution in [0, 0.1) is 0 Å². The molecule has 2 fully saturated rings. The lowest BCUT2D eigenvalue weighted by atomic mass is 10.00. The lowest BCUT2D eigenvalue weighted by molar-refractivity contribution is -0.00384. The summed E-state index contributed by atoms with van der Waals surface area (Å²) in [5.41, 5.74) is 0. The first kappa shape index (κ1) is 23.1. The predicted octanol–water partition coefficient (Wildman–Crippen LogP) is 3.76. The molecule has 0 aliphatic carbocycles. The van der Waals surface area contributed by atoms with Crippen molar-refractivity contribution in [2.75, 3.05) is 32.7 Å². The summed E-state index contributed by atoms with van der Waals surface area (Å²) in [4.78, 5) is 10.8. The Labute approximate surface area is 170 Å². The summed E-state index contributed by atoms with van der Waals surface area (Å²) in [6, 6.07) is 4.74. The monoisotopic (exact) mass is 380 g/mol. The molecule has 0 aromatic heterocycles. The minimum Gasteiger partial charge on any atom is -0.298 e. The summed E-state index contributed by atoms with van der Waals surface area (Å²) in [7, 11) is 0. The van der Waals surface area contributed by atoms with Gasteiger partial charge in [0, 0.05) is 75.0 Å². The van der Waals surface area contributed by atoms with Gasteiger partial charge in [-0.25, -0.2) is 0 Å². The van der Waals surface area contributed by atoms with E-state index in [-0.39, 0.29) is 0 Å². The Morgan fingerprint density at radius 1 is 0.630 bits per heavy atom. The van der Waals surface area contributed by atoms with E-state index in [1.165, 1.54) is 45.6 Å². The van der Waals surface area contributed by atoms with Crippen molar-refractivity contribution < 1.29 is 0 Å². The first-order chi connectivity index (χ1) is 12.6. The van der Waals surface area contributed by atoms with Gasteiger partial charge in [-0.3, -0.25) is 19.6 Å². The SMILES string of the molecule is CC(CCC(C)N1CC(C)N(C(C)C)C(C)C1)N1CCN(C(C)C)C(C)C1. The van der Waals surface area contributed by atoms with E-state index in [0.717, 1.165) is 0 Å². The molecule has 27 heavy (non-hydrogen) atoms. The van der Waals surface area contributed by atoms with Crippen LogP contribution in [0.15, 0.2) is 0 Å². The van der Waals surface area contributed by atoms with Crippen molar-refractivity contribution in [2.45, 2.75) is 117 Å². The third-order valence-electron chi connectivity index (χ3n) is 7.23. The van der Waals surface area contributed by atoms with Crippen LogP contribution >= 0.6 is 0 Å². The van der Waals surface area contributed by atoms with Gasteiger partial charge in [-0.15, -0.1) is 0 Å². The van der Waals surface area contributed by atoms with Crippen molar-refractivity contribution >= 4 is 0 Å². The molecule has 2 saturated heterocycles. The highest BCUT2D eigenvalue weighted by molar-refractivity contribution is 4.89. The van der Waals surface area contributed by atoms with Crippen LogP contribution < -0.4 is 0 Å². The highest BCUT2D eigenvalue weighted by atomic mass is 15.3. The van der Waals surface area contributed by atoms with Gasteiger partial charge in [-0.05, 0) is 75.2 Å². The number of rotatable bonds is 7. The third-order valence-corrected chi connectivity index (χ3v) is 7.23. The van der Waals surface area contributed by atoms with Gasteiger partial charge in [-0.2, -0.15) is 0 Å². The predicted molar refractivity (Wildman–Crippen MR) is 119 cm³/mol. The van der Waals surface area contributed by atoms with E-state index in [1.54, 1.807) is 0 Å². The highest BCUT2D eigenvalue weighted by Gasteiger charge is 2.33. The van der Waals surface area contributed by atoms with Gasteiger partial charge in [0.15, 0.2) is 0 Å². The Morgan fingerprint density at radius 2 is 1.11 bits per heavy atom.